The van der Waals surface area contributed by atoms with Crippen LogP contribution in [0.2, 0.25) is 0 Å². The van der Waals surface area contributed by atoms with Gasteiger partial charge < -0.3 is 4.90 Å². The zero-order valence-corrected chi connectivity index (χ0v) is 6.46. The van der Waals surface area contributed by atoms with Gasteiger partial charge in [-0.25, -0.2) is 0 Å². The number of halogens is 1. The summed E-state index contributed by atoms with van der Waals surface area (Å²) in [6.07, 6.45) is 0. The molecule has 10 heavy (non-hydrogen) atoms. The van der Waals surface area contributed by atoms with E-state index in [0.717, 1.165) is 0 Å². The number of anilines is 1. The summed E-state index contributed by atoms with van der Waals surface area (Å²) < 4.78 is 43.3. The third kappa shape index (κ3) is 1.67. The van der Waals surface area contributed by atoms with E-state index in [1.807, 2.05) is 0 Å². The summed E-state index contributed by atoms with van der Waals surface area (Å²) in [5.41, 5.74) is 0. The Morgan fingerprint density at radius 2 is 2.30 bits per heavy atom. The summed E-state index contributed by atoms with van der Waals surface area (Å²) >= 11 is 3.02. The summed E-state index contributed by atoms with van der Waals surface area (Å²) in [5.74, 6) is -0.219. The molecule has 0 aliphatic rings. The van der Waals surface area contributed by atoms with Gasteiger partial charge in [-0.3, -0.25) is 0 Å². The Labute approximate surface area is 76.6 Å². The lowest BCUT2D eigenvalue weighted by Crippen LogP contribution is -2.10. The lowest BCUT2D eigenvalue weighted by Gasteiger charge is -2.08. The molecule has 0 saturated carbocycles. The highest BCUT2D eigenvalue weighted by atomic mass is 79.9. The van der Waals surface area contributed by atoms with Crippen LogP contribution in [0.4, 0.5) is 5.82 Å². The van der Waals surface area contributed by atoms with Crippen molar-refractivity contribution in [3.8, 4) is 0 Å². The molecule has 0 bridgehead atoms. The van der Waals surface area contributed by atoms with E-state index in [0.29, 0.717) is 4.60 Å². The molecule has 0 spiro atoms. The van der Waals surface area contributed by atoms with Gasteiger partial charge in [-0.2, -0.15) is 0 Å². The van der Waals surface area contributed by atoms with Crippen molar-refractivity contribution in [3.63, 3.8) is 0 Å². The predicted molar refractivity (Wildman–Crippen MR) is 44.1 cm³/mol. The van der Waals surface area contributed by atoms with Crippen molar-refractivity contribution in [2.45, 2.75) is 0 Å². The molecule has 0 aliphatic heterocycles. The Morgan fingerprint density at radius 1 is 1.50 bits per heavy atom. The molecule has 0 saturated heterocycles. The second kappa shape index (κ2) is 2.96. The molecule has 4 heteroatoms. The summed E-state index contributed by atoms with van der Waals surface area (Å²) in [6.45, 7) is -5.60. The van der Waals surface area contributed by atoms with Crippen molar-refractivity contribution in [2.75, 3.05) is 18.9 Å². The fourth-order valence-electron chi connectivity index (χ4n) is 0.428. The number of rotatable bonds is 1. The maximum Gasteiger partial charge on any atom is 0.150 e. The summed E-state index contributed by atoms with van der Waals surface area (Å²) in [4.78, 5) is 0.277. The monoisotopic (exact) mass is 209 g/mol. The van der Waals surface area contributed by atoms with Gasteiger partial charge >= 0.3 is 0 Å². The molecule has 0 unspecified atom stereocenters. The van der Waals surface area contributed by atoms with Gasteiger partial charge in [-0.05, 0) is 28.1 Å². The van der Waals surface area contributed by atoms with Crippen molar-refractivity contribution < 1.29 is 8.22 Å². The molecule has 1 rings (SSSR count). The Balaban J connectivity index is 3.18. The highest BCUT2D eigenvalue weighted by molar-refractivity contribution is 9.10. The Kier molecular flexibility index (Phi) is 0.822. The summed E-state index contributed by atoms with van der Waals surface area (Å²) in [6, 6.07) is 2.70. The molecule has 0 amide bonds. The maximum absolute atomic E-state index is 7.16. The quantitative estimate of drug-likeness (QED) is 0.654. The van der Waals surface area contributed by atoms with Crippen LogP contribution in [0.5, 0.6) is 0 Å². The van der Waals surface area contributed by atoms with Crippen LogP contribution in [-0.4, -0.2) is 24.1 Å². The normalized spacial score (nSPS) is 20.9. The van der Waals surface area contributed by atoms with Gasteiger partial charge in [0.05, 0.1) is 0 Å². The highest BCUT2D eigenvalue weighted by Crippen LogP contribution is 2.08. The van der Waals surface area contributed by atoms with E-state index >= 15 is 0 Å². The number of hydrogen-bond acceptors (Lipinski definition) is 3. The second-order valence-corrected chi connectivity index (χ2v) is 2.36. The molecule has 0 aromatic carbocycles. The molecule has 0 radical (unpaired) electrons. The molecule has 0 atom stereocenters. The van der Waals surface area contributed by atoms with Crippen LogP contribution in [0, 0.1) is 0 Å². The smallest absolute Gasteiger partial charge is 0.150 e. The first-order valence-electron chi connectivity index (χ1n) is 5.42. The fraction of sp³-hybridized carbons (Fsp3) is 0.333. The fourth-order valence-corrected chi connectivity index (χ4v) is 0.640. The molecule has 54 valence electrons. The van der Waals surface area contributed by atoms with Gasteiger partial charge in [0.25, 0.3) is 0 Å². The van der Waals surface area contributed by atoms with E-state index in [4.69, 9.17) is 8.22 Å². The molecular weight excluding hydrogens is 196 g/mol. The topological polar surface area (TPSA) is 29.0 Å². The van der Waals surface area contributed by atoms with Crippen molar-refractivity contribution >= 4 is 21.7 Å². The maximum atomic E-state index is 7.16. The first-order valence-corrected chi connectivity index (χ1v) is 3.21. The zero-order chi connectivity index (χ0) is 12.6. The Morgan fingerprint density at radius 3 is 2.80 bits per heavy atom. The first kappa shape index (κ1) is 2.77. The van der Waals surface area contributed by atoms with Crippen LogP contribution in [0.15, 0.2) is 16.7 Å². The van der Waals surface area contributed by atoms with Gasteiger partial charge in [0.1, 0.15) is 4.60 Å². The van der Waals surface area contributed by atoms with Gasteiger partial charge in [0.15, 0.2) is 5.82 Å². The Hall–Kier alpha value is -0.640. The van der Waals surface area contributed by atoms with Crippen LogP contribution in [0.3, 0.4) is 0 Å². The van der Waals surface area contributed by atoms with E-state index in [-0.39, 0.29) is 10.7 Å². The van der Waals surface area contributed by atoms with Crippen LogP contribution in [0.25, 0.3) is 0 Å². The molecule has 0 N–H and O–H groups in total. The van der Waals surface area contributed by atoms with Crippen LogP contribution >= 0.6 is 15.9 Å². The third-order valence-electron chi connectivity index (χ3n) is 0.847. The van der Waals surface area contributed by atoms with E-state index in [9.17, 15) is 0 Å². The number of hydrogen-bond donors (Lipinski definition) is 0. The van der Waals surface area contributed by atoms with Crippen molar-refractivity contribution in [3.05, 3.63) is 16.7 Å². The minimum Gasteiger partial charge on any atom is -0.361 e. The van der Waals surface area contributed by atoms with Crippen LogP contribution < -0.4 is 4.90 Å². The van der Waals surface area contributed by atoms with E-state index < -0.39 is 14.0 Å². The lowest BCUT2D eigenvalue weighted by atomic mass is 10.5. The largest absolute Gasteiger partial charge is 0.361 e. The van der Waals surface area contributed by atoms with Crippen molar-refractivity contribution in [1.82, 2.24) is 10.2 Å². The summed E-state index contributed by atoms with van der Waals surface area (Å²) in [5, 5.41) is 7.07. The van der Waals surface area contributed by atoms with Gasteiger partial charge in [0, 0.05) is 22.2 Å². The van der Waals surface area contributed by atoms with E-state index in [1.165, 1.54) is 12.1 Å². The predicted octanol–water partition coefficient (Wildman–Crippen LogP) is 1.31. The first-order chi connectivity index (χ1) is 7.12. The third-order valence-corrected chi connectivity index (χ3v) is 1.27. The van der Waals surface area contributed by atoms with Gasteiger partial charge in [0.2, 0.25) is 0 Å². The minimum atomic E-state index is -2.80. The number of aromatic nitrogens is 2. The van der Waals surface area contributed by atoms with Crippen LogP contribution in [0.1, 0.15) is 8.22 Å². The minimum absolute atomic E-state index is 0.219. The van der Waals surface area contributed by atoms with Crippen molar-refractivity contribution in [1.29, 1.82) is 0 Å². The zero-order valence-electron chi connectivity index (χ0n) is 10.9. The molecule has 1 aromatic rings. The number of nitrogens with zero attached hydrogens (tertiary/aromatic N) is 3. The van der Waals surface area contributed by atoms with Crippen molar-refractivity contribution in [2.24, 2.45) is 0 Å². The van der Waals surface area contributed by atoms with E-state index in [2.05, 4.69) is 26.1 Å². The highest BCUT2D eigenvalue weighted by Gasteiger charge is 1.94. The molecule has 1 aromatic heterocycles. The average molecular weight is 210 g/mol. The molecule has 1 heterocycles. The Bertz CT molecular complexity index is 344. The molecular formula is C6H8BrN3. The van der Waals surface area contributed by atoms with Gasteiger partial charge in [-0.15, -0.1) is 10.2 Å². The molecule has 0 aliphatic carbocycles. The average Bonchev–Trinajstić information content (AvgIpc) is 2.03. The summed E-state index contributed by atoms with van der Waals surface area (Å²) in [7, 11) is 0. The standard InChI is InChI=1S/C6H8BrN3/c1-10(2)6-4-3-5(7)8-9-6/h3-4H,1-2H3/i1+1D3,2+1D3. The lowest BCUT2D eigenvalue weighted by molar-refractivity contribution is 0.949. The van der Waals surface area contributed by atoms with Crippen LogP contribution in [-0.2, 0) is 0 Å². The second-order valence-electron chi connectivity index (χ2n) is 1.55. The van der Waals surface area contributed by atoms with Gasteiger partial charge in [-0.1, -0.05) is 0 Å². The molecule has 0 fully saturated rings. The van der Waals surface area contributed by atoms with E-state index in [1.54, 1.807) is 0 Å². The SMILES string of the molecule is [2H][13C]([2H])([2H])N(c1ccc(Br)nn1)[13C]([2H])([2H])[2H]. The molecule has 3 nitrogen and oxygen atoms in total.